The summed E-state index contributed by atoms with van der Waals surface area (Å²) in [7, 11) is 0. The summed E-state index contributed by atoms with van der Waals surface area (Å²) in [4.78, 5) is 13.9. The first kappa shape index (κ1) is 12.1. The van der Waals surface area contributed by atoms with E-state index in [9.17, 15) is 0 Å². The first-order valence-electron chi connectivity index (χ1n) is 5.11. The van der Waals surface area contributed by atoms with Crippen LogP contribution in [0.1, 0.15) is 45.1 Å². The summed E-state index contributed by atoms with van der Waals surface area (Å²) >= 11 is 0. The van der Waals surface area contributed by atoms with Crippen molar-refractivity contribution in [1.29, 1.82) is 0 Å². The Balaban J connectivity index is 2.62. The van der Waals surface area contributed by atoms with Crippen LogP contribution in [0.3, 0.4) is 0 Å². The Hall–Kier alpha value is -1.00. The molecule has 0 amide bonds. The lowest BCUT2D eigenvalue weighted by Crippen LogP contribution is -2.31. The van der Waals surface area contributed by atoms with Crippen molar-refractivity contribution in [1.82, 2.24) is 15.4 Å². The van der Waals surface area contributed by atoms with Crippen molar-refractivity contribution in [3.8, 4) is 0 Å². The second-order valence-electron chi connectivity index (χ2n) is 4.58. The highest BCUT2D eigenvalue weighted by atomic mass is 16.7. The Labute approximate surface area is 91.0 Å². The van der Waals surface area contributed by atoms with Crippen LogP contribution in [0.5, 0.6) is 0 Å². The van der Waals surface area contributed by atoms with Gasteiger partial charge in [-0.05, 0) is 34.6 Å². The van der Waals surface area contributed by atoms with Crippen LogP contribution in [0.4, 0.5) is 0 Å². The molecule has 1 heterocycles. The van der Waals surface area contributed by atoms with Crippen LogP contribution in [0.25, 0.3) is 0 Å². The van der Waals surface area contributed by atoms with E-state index >= 15 is 0 Å². The van der Waals surface area contributed by atoms with Gasteiger partial charge in [0.25, 0.3) is 0 Å². The van der Waals surface area contributed by atoms with Crippen molar-refractivity contribution in [3.05, 3.63) is 23.8 Å². The summed E-state index contributed by atoms with van der Waals surface area (Å²) in [6.45, 7) is 9.93. The average Bonchev–Trinajstić information content (AvgIpc) is 2.14. The van der Waals surface area contributed by atoms with E-state index in [1.807, 2.05) is 34.6 Å². The highest BCUT2D eigenvalue weighted by Gasteiger charge is 2.15. The van der Waals surface area contributed by atoms with Gasteiger partial charge in [-0.2, -0.15) is 5.48 Å². The number of aryl methyl sites for hydroxylation is 1. The molecule has 1 rings (SSSR count). The smallest absolute Gasteiger partial charge is 0.0813 e. The maximum absolute atomic E-state index is 5.48. The Bertz CT molecular complexity index is 320. The molecule has 0 saturated heterocycles. The van der Waals surface area contributed by atoms with Crippen LogP contribution in [-0.2, 0) is 4.84 Å². The Morgan fingerprint density at radius 3 is 2.40 bits per heavy atom. The predicted octanol–water partition coefficient (Wildman–Crippen LogP) is 2.17. The highest BCUT2D eigenvalue weighted by molar-refractivity contribution is 5.11. The van der Waals surface area contributed by atoms with Gasteiger partial charge in [0.15, 0.2) is 0 Å². The molecule has 0 aliphatic carbocycles. The van der Waals surface area contributed by atoms with Crippen LogP contribution >= 0.6 is 0 Å². The zero-order valence-corrected chi connectivity index (χ0v) is 10.0. The van der Waals surface area contributed by atoms with Gasteiger partial charge in [0, 0.05) is 12.4 Å². The summed E-state index contributed by atoms with van der Waals surface area (Å²) < 4.78 is 0. The van der Waals surface area contributed by atoms with E-state index < -0.39 is 0 Å². The minimum Gasteiger partial charge on any atom is -0.295 e. The monoisotopic (exact) mass is 209 g/mol. The fourth-order valence-corrected chi connectivity index (χ4v) is 1.16. The van der Waals surface area contributed by atoms with Gasteiger partial charge in [0.2, 0.25) is 0 Å². The van der Waals surface area contributed by atoms with Crippen molar-refractivity contribution in [2.24, 2.45) is 0 Å². The van der Waals surface area contributed by atoms with E-state index in [1.54, 1.807) is 12.4 Å². The molecule has 15 heavy (non-hydrogen) atoms. The van der Waals surface area contributed by atoms with Crippen molar-refractivity contribution in [3.63, 3.8) is 0 Å². The molecular formula is C11H19N3O. The molecule has 0 aliphatic rings. The third-order valence-corrected chi connectivity index (χ3v) is 1.87. The fourth-order valence-electron chi connectivity index (χ4n) is 1.16. The maximum atomic E-state index is 5.48. The molecule has 0 aliphatic heterocycles. The number of aromatic nitrogens is 2. The second kappa shape index (κ2) is 4.68. The van der Waals surface area contributed by atoms with Crippen LogP contribution in [0.15, 0.2) is 12.4 Å². The minimum atomic E-state index is -0.204. The molecule has 1 aromatic rings. The number of rotatable bonds is 3. The van der Waals surface area contributed by atoms with E-state index in [2.05, 4.69) is 15.4 Å². The maximum Gasteiger partial charge on any atom is 0.0813 e. The Morgan fingerprint density at radius 2 is 1.87 bits per heavy atom. The van der Waals surface area contributed by atoms with E-state index in [4.69, 9.17) is 4.84 Å². The summed E-state index contributed by atoms with van der Waals surface area (Å²) in [5.41, 5.74) is 4.62. The van der Waals surface area contributed by atoms with E-state index in [0.717, 1.165) is 11.4 Å². The second-order valence-corrected chi connectivity index (χ2v) is 4.58. The number of hydroxylamine groups is 1. The Morgan fingerprint density at radius 1 is 1.27 bits per heavy atom. The summed E-state index contributed by atoms with van der Waals surface area (Å²) in [6, 6.07) is 0.0397. The van der Waals surface area contributed by atoms with E-state index in [1.165, 1.54) is 0 Å². The molecule has 4 heteroatoms. The van der Waals surface area contributed by atoms with Crippen LogP contribution < -0.4 is 5.48 Å². The van der Waals surface area contributed by atoms with Gasteiger partial charge in [-0.1, -0.05) is 0 Å². The lowest BCUT2D eigenvalue weighted by Gasteiger charge is -2.23. The molecule has 4 nitrogen and oxygen atoms in total. The van der Waals surface area contributed by atoms with Gasteiger partial charge in [0.05, 0.1) is 23.0 Å². The number of hydrogen-bond acceptors (Lipinski definition) is 4. The molecule has 1 unspecified atom stereocenters. The third-order valence-electron chi connectivity index (χ3n) is 1.87. The topological polar surface area (TPSA) is 47.0 Å². The number of nitrogens with one attached hydrogen (secondary N) is 1. The molecule has 1 aromatic heterocycles. The van der Waals surface area contributed by atoms with E-state index in [-0.39, 0.29) is 11.6 Å². The van der Waals surface area contributed by atoms with Crippen molar-refractivity contribution in [2.45, 2.75) is 46.3 Å². The van der Waals surface area contributed by atoms with Gasteiger partial charge in [-0.3, -0.25) is 14.8 Å². The molecule has 1 atom stereocenters. The summed E-state index contributed by atoms with van der Waals surface area (Å²) in [6.07, 6.45) is 3.38. The third kappa shape index (κ3) is 3.93. The zero-order valence-electron chi connectivity index (χ0n) is 10.0. The number of nitrogens with zero attached hydrogens (tertiary/aromatic N) is 2. The first-order valence-corrected chi connectivity index (χ1v) is 5.11. The number of hydrogen-bond donors (Lipinski definition) is 1. The quantitative estimate of drug-likeness (QED) is 0.775. The lowest BCUT2D eigenvalue weighted by molar-refractivity contribution is -0.0872. The molecular weight excluding hydrogens is 190 g/mol. The van der Waals surface area contributed by atoms with Gasteiger partial charge in [0.1, 0.15) is 0 Å². The van der Waals surface area contributed by atoms with Gasteiger partial charge in [-0.15, -0.1) is 0 Å². The van der Waals surface area contributed by atoms with Gasteiger partial charge in [-0.25, -0.2) is 0 Å². The zero-order chi connectivity index (χ0) is 11.5. The molecule has 0 aromatic carbocycles. The lowest BCUT2D eigenvalue weighted by atomic mass is 10.2. The molecule has 84 valence electrons. The molecule has 0 radical (unpaired) electrons. The molecule has 0 spiro atoms. The summed E-state index contributed by atoms with van der Waals surface area (Å²) in [5.74, 6) is 0. The molecule has 0 bridgehead atoms. The fraction of sp³-hybridized carbons (Fsp3) is 0.636. The molecule has 0 fully saturated rings. The standard InChI is InChI=1S/C11H19N3O/c1-8-10(13-7-6-12-8)9(2)14-15-11(3,4)5/h6-7,9,14H,1-5H3. The summed E-state index contributed by atoms with van der Waals surface area (Å²) in [5, 5.41) is 0. The first-order chi connectivity index (χ1) is 6.90. The molecule has 0 saturated carbocycles. The highest BCUT2D eigenvalue weighted by Crippen LogP contribution is 2.14. The van der Waals surface area contributed by atoms with E-state index in [0.29, 0.717) is 0 Å². The SMILES string of the molecule is Cc1nccnc1C(C)NOC(C)(C)C. The largest absolute Gasteiger partial charge is 0.295 e. The van der Waals surface area contributed by atoms with Crippen molar-refractivity contribution >= 4 is 0 Å². The van der Waals surface area contributed by atoms with Crippen LogP contribution in [0, 0.1) is 6.92 Å². The van der Waals surface area contributed by atoms with Crippen molar-refractivity contribution < 1.29 is 4.84 Å². The van der Waals surface area contributed by atoms with Crippen LogP contribution in [-0.4, -0.2) is 15.6 Å². The van der Waals surface area contributed by atoms with Crippen molar-refractivity contribution in [2.75, 3.05) is 0 Å². The normalized spacial score (nSPS) is 13.9. The minimum absolute atomic E-state index is 0.0397. The van der Waals surface area contributed by atoms with Gasteiger partial charge < -0.3 is 0 Å². The Kier molecular flexibility index (Phi) is 3.77. The van der Waals surface area contributed by atoms with Gasteiger partial charge >= 0.3 is 0 Å². The predicted molar refractivity (Wildman–Crippen MR) is 59.2 cm³/mol. The van der Waals surface area contributed by atoms with Crippen LogP contribution in [0.2, 0.25) is 0 Å². The average molecular weight is 209 g/mol. The molecule has 1 N–H and O–H groups in total.